The lowest BCUT2D eigenvalue weighted by Gasteiger charge is -2.20. The van der Waals surface area contributed by atoms with E-state index in [-0.39, 0.29) is 18.2 Å². The summed E-state index contributed by atoms with van der Waals surface area (Å²) in [6, 6.07) is 20.4. The van der Waals surface area contributed by atoms with Crippen molar-refractivity contribution in [1.82, 2.24) is 9.88 Å². The molecule has 0 saturated carbocycles. The predicted octanol–water partition coefficient (Wildman–Crippen LogP) is 4.25. The van der Waals surface area contributed by atoms with Gasteiger partial charge in [-0.3, -0.25) is 14.6 Å². The van der Waals surface area contributed by atoms with Crippen LogP contribution in [0.4, 0.5) is 5.69 Å². The SMILES string of the molecule is CC(=O)N(CCC(=O)Nc1ccc(Oc2ccccc2)cc1)Cc1cccnc1. The molecule has 3 rings (SSSR count). The number of hydrogen-bond donors (Lipinski definition) is 1. The first kappa shape index (κ1) is 20.1. The van der Waals surface area contributed by atoms with Gasteiger partial charge in [-0.1, -0.05) is 24.3 Å². The molecule has 1 heterocycles. The van der Waals surface area contributed by atoms with E-state index in [0.717, 1.165) is 11.3 Å². The van der Waals surface area contributed by atoms with E-state index in [1.54, 1.807) is 41.6 Å². The number of nitrogens with zero attached hydrogens (tertiary/aromatic N) is 2. The second-order valence-corrected chi connectivity index (χ2v) is 6.54. The molecule has 0 saturated heterocycles. The molecular formula is C23H23N3O3. The van der Waals surface area contributed by atoms with E-state index in [1.165, 1.54) is 6.92 Å². The number of nitrogens with one attached hydrogen (secondary N) is 1. The van der Waals surface area contributed by atoms with E-state index in [2.05, 4.69) is 10.3 Å². The Morgan fingerprint density at radius 3 is 2.34 bits per heavy atom. The first-order chi connectivity index (χ1) is 14.1. The van der Waals surface area contributed by atoms with Crippen LogP contribution >= 0.6 is 0 Å². The van der Waals surface area contributed by atoms with Gasteiger partial charge in [0.05, 0.1) is 0 Å². The fraction of sp³-hybridized carbons (Fsp3) is 0.174. The number of pyridine rings is 1. The van der Waals surface area contributed by atoms with Crippen molar-refractivity contribution in [1.29, 1.82) is 0 Å². The highest BCUT2D eigenvalue weighted by atomic mass is 16.5. The Labute approximate surface area is 170 Å². The summed E-state index contributed by atoms with van der Waals surface area (Å²) < 4.78 is 5.74. The van der Waals surface area contributed by atoms with Crippen molar-refractivity contribution in [2.75, 3.05) is 11.9 Å². The molecule has 0 aliphatic rings. The largest absolute Gasteiger partial charge is 0.457 e. The zero-order chi connectivity index (χ0) is 20.5. The number of hydrogen-bond acceptors (Lipinski definition) is 4. The van der Waals surface area contributed by atoms with Crippen LogP contribution in [0.1, 0.15) is 18.9 Å². The van der Waals surface area contributed by atoms with Gasteiger partial charge in [-0.15, -0.1) is 0 Å². The highest BCUT2D eigenvalue weighted by Crippen LogP contribution is 2.22. The van der Waals surface area contributed by atoms with Crippen molar-refractivity contribution in [3.05, 3.63) is 84.7 Å². The fourth-order valence-corrected chi connectivity index (χ4v) is 2.75. The summed E-state index contributed by atoms with van der Waals surface area (Å²) in [5.41, 5.74) is 1.61. The summed E-state index contributed by atoms with van der Waals surface area (Å²) in [6.45, 7) is 2.27. The average Bonchev–Trinajstić information content (AvgIpc) is 2.74. The number of carbonyl (C=O) groups excluding carboxylic acids is 2. The van der Waals surface area contributed by atoms with E-state index in [0.29, 0.717) is 24.5 Å². The van der Waals surface area contributed by atoms with Crippen LogP contribution < -0.4 is 10.1 Å². The Bertz CT molecular complexity index is 929. The Hall–Kier alpha value is -3.67. The van der Waals surface area contributed by atoms with Crippen molar-refractivity contribution in [2.24, 2.45) is 0 Å². The summed E-state index contributed by atoms with van der Waals surface area (Å²) in [7, 11) is 0. The van der Waals surface area contributed by atoms with Crippen LogP contribution in [0.2, 0.25) is 0 Å². The molecule has 6 nitrogen and oxygen atoms in total. The molecule has 6 heteroatoms. The Balaban J connectivity index is 1.49. The highest BCUT2D eigenvalue weighted by Gasteiger charge is 2.12. The minimum absolute atomic E-state index is 0.0796. The first-order valence-corrected chi connectivity index (χ1v) is 9.37. The Morgan fingerprint density at radius 2 is 1.69 bits per heavy atom. The number of ether oxygens (including phenoxy) is 1. The maximum Gasteiger partial charge on any atom is 0.226 e. The molecule has 2 aromatic carbocycles. The summed E-state index contributed by atoms with van der Waals surface area (Å²) in [6.07, 6.45) is 3.61. The zero-order valence-electron chi connectivity index (χ0n) is 16.2. The number of anilines is 1. The molecule has 2 amide bonds. The molecule has 0 aliphatic carbocycles. The number of para-hydroxylation sites is 1. The van der Waals surface area contributed by atoms with Gasteiger partial charge < -0.3 is 15.0 Å². The Morgan fingerprint density at radius 1 is 0.966 bits per heavy atom. The molecule has 0 bridgehead atoms. The number of carbonyl (C=O) groups is 2. The molecular weight excluding hydrogens is 366 g/mol. The topological polar surface area (TPSA) is 71.5 Å². The predicted molar refractivity (Wildman–Crippen MR) is 112 cm³/mol. The fourth-order valence-electron chi connectivity index (χ4n) is 2.75. The third-order valence-corrected chi connectivity index (χ3v) is 4.27. The lowest BCUT2D eigenvalue weighted by Crippen LogP contribution is -2.31. The van der Waals surface area contributed by atoms with Crippen molar-refractivity contribution in [2.45, 2.75) is 19.9 Å². The molecule has 29 heavy (non-hydrogen) atoms. The maximum absolute atomic E-state index is 12.3. The van der Waals surface area contributed by atoms with E-state index in [4.69, 9.17) is 4.74 Å². The van der Waals surface area contributed by atoms with Crippen molar-refractivity contribution in [3.8, 4) is 11.5 Å². The quantitative estimate of drug-likeness (QED) is 0.625. The minimum Gasteiger partial charge on any atom is -0.457 e. The van der Waals surface area contributed by atoms with E-state index in [9.17, 15) is 9.59 Å². The maximum atomic E-state index is 12.3. The van der Waals surface area contributed by atoms with Gasteiger partial charge in [-0.05, 0) is 48.0 Å². The van der Waals surface area contributed by atoms with Gasteiger partial charge in [0.15, 0.2) is 0 Å². The molecule has 0 aliphatic heterocycles. The number of benzene rings is 2. The molecule has 148 valence electrons. The molecule has 0 unspecified atom stereocenters. The molecule has 0 fully saturated rings. The van der Waals surface area contributed by atoms with Crippen molar-refractivity contribution < 1.29 is 14.3 Å². The van der Waals surface area contributed by atoms with Crippen LogP contribution in [0.3, 0.4) is 0 Å². The number of amides is 2. The molecule has 1 aromatic heterocycles. The summed E-state index contributed by atoms with van der Waals surface area (Å²) in [5, 5.41) is 2.85. The van der Waals surface area contributed by atoms with Crippen LogP contribution in [-0.4, -0.2) is 28.2 Å². The standard InChI is InChI=1S/C23H23N3O3/c1-18(27)26(17-19-6-5-14-24-16-19)15-13-23(28)25-20-9-11-22(12-10-20)29-21-7-3-2-4-8-21/h2-12,14,16H,13,15,17H2,1H3,(H,25,28). The van der Waals surface area contributed by atoms with Crippen molar-refractivity contribution in [3.63, 3.8) is 0 Å². The van der Waals surface area contributed by atoms with Crippen LogP contribution in [0.15, 0.2) is 79.1 Å². The first-order valence-electron chi connectivity index (χ1n) is 9.37. The van der Waals surface area contributed by atoms with Gasteiger partial charge in [-0.2, -0.15) is 0 Å². The lowest BCUT2D eigenvalue weighted by molar-refractivity contribution is -0.129. The van der Waals surface area contributed by atoms with E-state index >= 15 is 0 Å². The lowest BCUT2D eigenvalue weighted by atomic mass is 10.2. The van der Waals surface area contributed by atoms with Gasteiger partial charge in [0.1, 0.15) is 11.5 Å². The Kier molecular flexibility index (Phi) is 6.95. The summed E-state index contributed by atoms with van der Waals surface area (Å²) in [5.74, 6) is 1.21. The summed E-state index contributed by atoms with van der Waals surface area (Å²) in [4.78, 5) is 29.8. The van der Waals surface area contributed by atoms with Gasteiger partial charge in [-0.25, -0.2) is 0 Å². The number of rotatable bonds is 8. The van der Waals surface area contributed by atoms with Gasteiger partial charge in [0.25, 0.3) is 0 Å². The minimum atomic E-state index is -0.154. The van der Waals surface area contributed by atoms with Gasteiger partial charge in [0, 0.05) is 44.5 Å². The van der Waals surface area contributed by atoms with Crippen LogP contribution in [0, 0.1) is 0 Å². The summed E-state index contributed by atoms with van der Waals surface area (Å²) >= 11 is 0. The highest BCUT2D eigenvalue weighted by molar-refractivity contribution is 5.91. The molecule has 3 aromatic rings. The smallest absolute Gasteiger partial charge is 0.226 e. The molecule has 0 spiro atoms. The zero-order valence-corrected chi connectivity index (χ0v) is 16.2. The number of aromatic nitrogens is 1. The van der Waals surface area contributed by atoms with Crippen LogP contribution in [0.25, 0.3) is 0 Å². The monoisotopic (exact) mass is 389 g/mol. The van der Waals surface area contributed by atoms with Crippen LogP contribution in [-0.2, 0) is 16.1 Å². The van der Waals surface area contributed by atoms with E-state index < -0.39 is 0 Å². The average molecular weight is 389 g/mol. The third kappa shape index (κ3) is 6.46. The van der Waals surface area contributed by atoms with Gasteiger partial charge >= 0.3 is 0 Å². The second kappa shape index (κ2) is 10.0. The van der Waals surface area contributed by atoms with E-state index in [1.807, 2.05) is 42.5 Å². The molecule has 0 atom stereocenters. The van der Waals surface area contributed by atoms with Crippen LogP contribution in [0.5, 0.6) is 11.5 Å². The third-order valence-electron chi connectivity index (χ3n) is 4.27. The van der Waals surface area contributed by atoms with Crippen molar-refractivity contribution >= 4 is 17.5 Å². The normalized spacial score (nSPS) is 10.2. The molecule has 1 N–H and O–H groups in total. The molecule has 0 radical (unpaired) electrons. The second-order valence-electron chi connectivity index (χ2n) is 6.54. The van der Waals surface area contributed by atoms with Gasteiger partial charge in [0.2, 0.25) is 11.8 Å².